The monoisotopic (exact) mass is 298 g/mol. The van der Waals surface area contributed by atoms with E-state index < -0.39 is 0 Å². The second-order valence-electron chi connectivity index (χ2n) is 6.23. The molecule has 1 atom stereocenters. The van der Waals surface area contributed by atoms with Gasteiger partial charge in [0.1, 0.15) is 6.61 Å². The molecule has 122 valence electrons. The molecule has 1 saturated carbocycles. The van der Waals surface area contributed by atoms with Gasteiger partial charge in [0.2, 0.25) is 5.91 Å². The quantitative estimate of drug-likeness (QED) is 0.802. The van der Waals surface area contributed by atoms with Gasteiger partial charge in [-0.25, -0.2) is 0 Å². The molecule has 0 bridgehead atoms. The van der Waals surface area contributed by atoms with Gasteiger partial charge >= 0.3 is 0 Å². The summed E-state index contributed by atoms with van der Waals surface area (Å²) in [5.74, 6) is 0.122. The molecule has 1 saturated heterocycles. The van der Waals surface area contributed by atoms with Gasteiger partial charge < -0.3 is 14.7 Å². The van der Waals surface area contributed by atoms with E-state index in [1.807, 2.05) is 4.90 Å². The lowest BCUT2D eigenvalue weighted by molar-refractivity contribution is -0.141. The third-order valence-electron chi connectivity index (χ3n) is 4.86. The fourth-order valence-corrected chi connectivity index (χ4v) is 3.35. The summed E-state index contributed by atoms with van der Waals surface area (Å²) in [4.78, 5) is 16.4. The standard InChI is InChI=1S/C16H30N2O3/c1-2-14(12-19)17-8-10-18(11-9-17)16(20)13-21-15-6-4-3-5-7-15/h14-15,19H,2-13H2,1H3. The maximum absolute atomic E-state index is 12.2. The van der Waals surface area contributed by atoms with E-state index in [1.54, 1.807) is 0 Å². The normalized spacial score (nSPS) is 23.2. The van der Waals surface area contributed by atoms with E-state index in [2.05, 4.69) is 11.8 Å². The Balaban J connectivity index is 1.67. The van der Waals surface area contributed by atoms with Gasteiger partial charge in [0, 0.05) is 32.2 Å². The number of ether oxygens (including phenoxy) is 1. The zero-order valence-corrected chi connectivity index (χ0v) is 13.3. The average molecular weight is 298 g/mol. The number of aliphatic hydroxyl groups excluding tert-OH is 1. The van der Waals surface area contributed by atoms with Crippen molar-refractivity contribution in [1.82, 2.24) is 9.80 Å². The van der Waals surface area contributed by atoms with Crippen LogP contribution in [0.5, 0.6) is 0 Å². The Morgan fingerprint density at radius 1 is 1.19 bits per heavy atom. The summed E-state index contributed by atoms with van der Waals surface area (Å²) >= 11 is 0. The van der Waals surface area contributed by atoms with Crippen molar-refractivity contribution in [2.75, 3.05) is 39.4 Å². The molecule has 1 aliphatic carbocycles. The highest BCUT2D eigenvalue weighted by Gasteiger charge is 2.25. The molecule has 2 rings (SSSR count). The Morgan fingerprint density at radius 2 is 1.86 bits per heavy atom. The van der Waals surface area contributed by atoms with Crippen molar-refractivity contribution in [2.45, 2.75) is 57.6 Å². The molecule has 0 radical (unpaired) electrons. The molecule has 0 aromatic rings. The highest BCUT2D eigenvalue weighted by Crippen LogP contribution is 2.20. The minimum absolute atomic E-state index is 0.122. The Morgan fingerprint density at radius 3 is 2.43 bits per heavy atom. The first-order valence-corrected chi connectivity index (χ1v) is 8.49. The summed E-state index contributed by atoms with van der Waals surface area (Å²) in [5.41, 5.74) is 0. The first-order valence-electron chi connectivity index (χ1n) is 8.49. The lowest BCUT2D eigenvalue weighted by atomic mass is 9.98. The molecule has 2 aliphatic rings. The highest BCUT2D eigenvalue weighted by molar-refractivity contribution is 5.77. The van der Waals surface area contributed by atoms with Crippen LogP contribution in [0, 0.1) is 0 Å². The third kappa shape index (κ3) is 4.94. The van der Waals surface area contributed by atoms with Gasteiger partial charge in [-0.1, -0.05) is 26.2 Å². The molecule has 0 aromatic carbocycles. The van der Waals surface area contributed by atoms with E-state index in [1.165, 1.54) is 19.3 Å². The van der Waals surface area contributed by atoms with Gasteiger partial charge in [0.15, 0.2) is 0 Å². The van der Waals surface area contributed by atoms with Crippen LogP contribution in [-0.2, 0) is 9.53 Å². The van der Waals surface area contributed by atoms with Gasteiger partial charge in [-0.05, 0) is 19.3 Å². The molecule has 1 aliphatic heterocycles. The first-order chi connectivity index (χ1) is 10.2. The average Bonchev–Trinajstić information content (AvgIpc) is 2.55. The van der Waals surface area contributed by atoms with Gasteiger partial charge in [-0.2, -0.15) is 0 Å². The van der Waals surface area contributed by atoms with Crippen molar-refractivity contribution in [3.63, 3.8) is 0 Å². The molecular weight excluding hydrogens is 268 g/mol. The summed E-state index contributed by atoms with van der Waals surface area (Å²) in [7, 11) is 0. The van der Waals surface area contributed by atoms with E-state index in [4.69, 9.17) is 4.74 Å². The summed E-state index contributed by atoms with van der Waals surface area (Å²) in [5, 5.41) is 9.34. The number of rotatable bonds is 6. The molecule has 21 heavy (non-hydrogen) atoms. The molecule has 0 spiro atoms. The van der Waals surface area contributed by atoms with E-state index >= 15 is 0 Å². The number of hydrogen-bond acceptors (Lipinski definition) is 4. The third-order valence-corrected chi connectivity index (χ3v) is 4.86. The van der Waals surface area contributed by atoms with Crippen molar-refractivity contribution in [3.05, 3.63) is 0 Å². The van der Waals surface area contributed by atoms with Crippen LogP contribution in [0.3, 0.4) is 0 Å². The minimum atomic E-state index is 0.122. The van der Waals surface area contributed by atoms with E-state index in [0.717, 1.165) is 45.4 Å². The molecule has 1 heterocycles. The van der Waals surface area contributed by atoms with Gasteiger partial charge in [-0.3, -0.25) is 9.69 Å². The summed E-state index contributed by atoms with van der Waals surface area (Å²) in [6.45, 7) is 5.75. The van der Waals surface area contributed by atoms with E-state index in [0.29, 0.717) is 6.10 Å². The zero-order valence-electron chi connectivity index (χ0n) is 13.3. The van der Waals surface area contributed by atoms with Crippen LogP contribution in [0.25, 0.3) is 0 Å². The Kier molecular flexibility index (Phi) is 6.93. The van der Waals surface area contributed by atoms with Gasteiger partial charge in [0.25, 0.3) is 0 Å². The van der Waals surface area contributed by atoms with Crippen LogP contribution < -0.4 is 0 Å². The summed E-state index contributed by atoms with van der Waals surface area (Å²) in [6.07, 6.45) is 7.23. The van der Waals surface area contributed by atoms with Crippen molar-refractivity contribution < 1.29 is 14.6 Å². The van der Waals surface area contributed by atoms with Crippen LogP contribution in [0.15, 0.2) is 0 Å². The predicted molar refractivity (Wildman–Crippen MR) is 82.1 cm³/mol. The molecule has 5 nitrogen and oxygen atoms in total. The minimum Gasteiger partial charge on any atom is -0.395 e. The largest absolute Gasteiger partial charge is 0.395 e. The number of nitrogens with zero attached hydrogens (tertiary/aromatic N) is 2. The Bertz CT molecular complexity index is 307. The number of aliphatic hydroxyl groups is 1. The highest BCUT2D eigenvalue weighted by atomic mass is 16.5. The lowest BCUT2D eigenvalue weighted by Crippen LogP contribution is -2.53. The fraction of sp³-hybridized carbons (Fsp3) is 0.938. The van der Waals surface area contributed by atoms with Crippen LogP contribution in [-0.4, -0.2) is 72.4 Å². The summed E-state index contributed by atoms with van der Waals surface area (Å²) < 4.78 is 5.77. The molecule has 2 fully saturated rings. The maximum Gasteiger partial charge on any atom is 0.248 e. The number of carbonyl (C=O) groups excluding carboxylic acids is 1. The molecule has 1 amide bonds. The van der Waals surface area contributed by atoms with Crippen molar-refractivity contribution >= 4 is 5.91 Å². The second-order valence-corrected chi connectivity index (χ2v) is 6.23. The zero-order chi connectivity index (χ0) is 15.1. The first kappa shape index (κ1) is 16.7. The van der Waals surface area contributed by atoms with Crippen LogP contribution in [0.1, 0.15) is 45.4 Å². The van der Waals surface area contributed by atoms with E-state index in [9.17, 15) is 9.90 Å². The van der Waals surface area contributed by atoms with Gasteiger partial charge in [0.05, 0.1) is 12.7 Å². The predicted octanol–water partition coefficient (Wildman–Crippen LogP) is 1.25. The Hall–Kier alpha value is -0.650. The van der Waals surface area contributed by atoms with Crippen molar-refractivity contribution in [3.8, 4) is 0 Å². The fourth-order valence-electron chi connectivity index (χ4n) is 3.35. The SMILES string of the molecule is CCC(CO)N1CCN(C(=O)COC2CCCCC2)CC1. The van der Waals surface area contributed by atoms with E-state index in [-0.39, 0.29) is 25.2 Å². The van der Waals surface area contributed by atoms with Crippen molar-refractivity contribution in [2.24, 2.45) is 0 Å². The maximum atomic E-state index is 12.2. The van der Waals surface area contributed by atoms with Crippen LogP contribution >= 0.6 is 0 Å². The number of carbonyl (C=O) groups is 1. The molecule has 1 unspecified atom stereocenters. The van der Waals surface area contributed by atoms with Gasteiger partial charge in [-0.15, -0.1) is 0 Å². The smallest absolute Gasteiger partial charge is 0.248 e. The number of hydrogen-bond donors (Lipinski definition) is 1. The molecule has 1 N–H and O–H groups in total. The lowest BCUT2D eigenvalue weighted by Gasteiger charge is -2.38. The topological polar surface area (TPSA) is 53.0 Å². The van der Waals surface area contributed by atoms with Crippen LogP contribution in [0.2, 0.25) is 0 Å². The van der Waals surface area contributed by atoms with Crippen LogP contribution in [0.4, 0.5) is 0 Å². The second kappa shape index (κ2) is 8.71. The number of piperazine rings is 1. The molecule has 5 heteroatoms. The molecular formula is C16H30N2O3. The number of amides is 1. The summed E-state index contributed by atoms with van der Waals surface area (Å²) in [6, 6.07) is 0.237. The van der Waals surface area contributed by atoms with Crippen molar-refractivity contribution in [1.29, 1.82) is 0 Å². The molecule has 0 aromatic heterocycles. The Labute approximate surface area is 128 Å².